The minimum absolute atomic E-state index is 0.101. The summed E-state index contributed by atoms with van der Waals surface area (Å²) in [5.74, 6) is 0.106. The molecule has 1 aromatic rings. The Morgan fingerprint density at radius 1 is 1.30 bits per heavy atom. The summed E-state index contributed by atoms with van der Waals surface area (Å²) in [5.41, 5.74) is 0.617. The first-order valence-corrected chi connectivity index (χ1v) is 10.2. The number of hydrogen-bond acceptors (Lipinski definition) is 6. The molecule has 1 aliphatic heterocycles. The van der Waals surface area contributed by atoms with Crippen LogP contribution in [0.4, 0.5) is 11.4 Å². The zero-order chi connectivity index (χ0) is 22.1. The Morgan fingerprint density at radius 3 is 2.47 bits per heavy atom. The number of carbonyl (C=O) groups is 1. The number of amides is 1. The molecule has 1 atom stereocenters. The predicted octanol–water partition coefficient (Wildman–Crippen LogP) is 3.18. The van der Waals surface area contributed by atoms with E-state index in [0.717, 1.165) is 0 Å². The topological polar surface area (TPSA) is 88.0 Å². The van der Waals surface area contributed by atoms with Crippen LogP contribution in [0.15, 0.2) is 43.5 Å². The first-order chi connectivity index (χ1) is 14.4. The van der Waals surface area contributed by atoms with Gasteiger partial charge in [0.15, 0.2) is 0 Å². The van der Waals surface area contributed by atoms with Crippen molar-refractivity contribution < 1.29 is 14.5 Å². The van der Waals surface area contributed by atoms with E-state index in [1.165, 1.54) is 6.07 Å². The Bertz CT molecular complexity index is 750. The van der Waals surface area contributed by atoms with E-state index < -0.39 is 4.92 Å². The number of nitrogens with one attached hydrogen (secondary N) is 1. The Kier molecular flexibility index (Phi) is 9.01. The summed E-state index contributed by atoms with van der Waals surface area (Å²) in [5, 5.41) is 14.9. The van der Waals surface area contributed by atoms with Crippen molar-refractivity contribution >= 4 is 17.3 Å². The molecule has 0 aromatic heterocycles. The molecule has 30 heavy (non-hydrogen) atoms. The van der Waals surface area contributed by atoms with Crippen molar-refractivity contribution in [1.29, 1.82) is 0 Å². The highest BCUT2D eigenvalue weighted by atomic mass is 16.6. The number of benzene rings is 1. The van der Waals surface area contributed by atoms with E-state index in [9.17, 15) is 14.9 Å². The van der Waals surface area contributed by atoms with Gasteiger partial charge in [0.25, 0.3) is 11.6 Å². The zero-order valence-electron chi connectivity index (χ0n) is 17.9. The molecule has 1 aliphatic rings. The van der Waals surface area contributed by atoms with Crippen LogP contribution in [-0.2, 0) is 4.74 Å². The second-order valence-electron chi connectivity index (χ2n) is 7.62. The third-order valence-corrected chi connectivity index (χ3v) is 5.21. The molecule has 8 nitrogen and oxygen atoms in total. The van der Waals surface area contributed by atoms with Crippen molar-refractivity contribution in [2.45, 2.75) is 19.9 Å². The largest absolute Gasteiger partial charge is 0.378 e. The molecule has 0 unspecified atom stereocenters. The second-order valence-corrected chi connectivity index (χ2v) is 7.62. The predicted molar refractivity (Wildman–Crippen MR) is 119 cm³/mol. The first-order valence-electron chi connectivity index (χ1n) is 10.2. The zero-order valence-corrected chi connectivity index (χ0v) is 17.9. The molecule has 2 rings (SSSR count). The fourth-order valence-electron chi connectivity index (χ4n) is 3.59. The van der Waals surface area contributed by atoms with Crippen LogP contribution in [0, 0.1) is 16.0 Å². The highest BCUT2D eigenvalue weighted by Crippen LogP contribution is 2.27. The van der Waals surface area contributed by atoms with Crippen LogP contribution in [0.25, 0.3) is 0 Å². The van der Waals surface area contributed by atoms with Crippen molar-refractivity contribution in [3.8, 4) is 0 Å². The summed E-state index contributed by atoms with van der Waals surface area (Å²) in [4.78, 5) is 27.8. The van der Waals surface area contributed by atoms with Gasteiger partial charge in [0.05, 0.1) is 18.1 Å². The van der Waals surface area contributed by atoms with E-state index >= 15 is 0 Å². The molecular formula is C22H32N4O4. The Labute approximate surface area is 178 Å². The normalized spacial score (nSPS) is 15.1. The van der Waals surface area contributed by atoms with Crippen molar-refractivity contribution in [1.82, 2.24) is 9.80 Å². The van der Waals surface area contributed by atoms with E-state index in [1.54, 1.807) is 17.0 Å². The van der Waals surface area contributed by atoms with Gasteiger partial charge >= 0.3 is 0 Å². The standard InChI is InChI=1S/C22H32N4O4/c1-5-9-24(10-6-2)21(17(3)4)16-23-19-8-7-18(15-20(19)26(28)29)22(27)25-11-13-30-14-12-25/h5-8,15,17,21,23H,1-2,9-14,16H2,3-4H3/t21-/m1/s1. The van der Waals surface area contributed by atoms with E-state index in [2.05, 4.69) is 37.2 Å². The molecule has 1 heterocycles. The second kappa shape index (κ2) is 11.5. The summed E-state index contributed by atoms with van der Waals surface area (Å²) in [6, 6.07) is 4.75. The van der Waals surface area contributed by atoms with Crippen molar-refractivity contribution in [3.63, 3.8) is 0 Å². The van der Waals surface area contributed by atoms with Gasteiger partial charge in [0, 0.05) is 50.4 Å². The molecule has 0 aliphatic carbocycles. The van der Waals surface area contributed by atoms with Crippen LogP contribution in [0.5, 0.6) is 0 Å². The third-order valence-electron chi connectivity index (χ3n) is 5.21. The van der Waals surface area contributed by atoms with Crippen molar-refractivity contribution in [2.24, 2.45) is 5.92 Å². The van der Waals surface area contributed by atoms with Gasteiger partial charge in [0.1, 0.15) is 5.69 Å². The average Bonchev–Trinajstić information content (AvgIpc) is 2.74. The van der Waals surface area contributed by atoms with Crippen LogP contribution in [0.1, 0.15) is 24.2 Å². The summed E-state index contributed by atoms with van der Waals surface area (Å²) in [6.45, 7) is 15.7. The maximum atomic E-state index is 12.7. The Balaban J connectivity index is 2.19. The number of ether oxygens (including phenoxy) is 1. The third kappa shape index (κ3) is 6.14. The highest BCUT2D eigenvalue weighted by Gasteiger charge is 2.24. The van der Waals surface area contributed by atoms with Gasteiger partial charge in [-0.3, -0.25) is 19.8 Å². The SMILES string of the molecule is C=CCN(CC=C)[C@H](CNc1ccc(C(=O)N2CCOCC2)cc1[N+](=O)[O-])C(C)C. The lowest BCUT2D eigenvalue weighted by Gasteiger charge is -2.33. The number of nitro benzene ring substituents is 1. The monoisotopic (exact) mass is 416 g/mol. The van der Waals surface area contributed by atoms with Gasteiger partial charge in [-0.25, -0.2) is 0 Å². The molecule has 0 radical (unpaired) electrons. The molecule has 1 amide bonds. The van der Waals surface area contributed by atoms with E-state index in [4.69, 9.17) is 4.74 Å². The molecule has 1 aromatic carbocycles. The summed E-state index contributed by atoms with van der Waals surface area (Å²) >= 11 is 0. The highest BCUT2D eigenvalue weighted by molar-refractivity contribution is 5.95. The van der Waals surface area contributed by atoms with Gasteiger partial charge in [-0.1, -0.05) is 26.0 Å². The molecule has 0 bridgehead atoms. The number of morpholine rings is 1. The van der Waals surface area contributed by atoms with Gasteiger partial charge in [-0.15, -0.1) is 13.2 Å². The van der Waals surface area contributed by atoms with Crippen molar-refractivity contribution in [3.05, 3.63) is 59.2 Å². The Hall–Kier alpha value is -2.71. The van der Waals surface area contributed by atoms with Crippen LogP contribution < -0.4 is 5.32 Å². The van der Waals surface area contributed by atoms with E-state index in [-0.39, 0.29) is 17.6 Å². The lowest BCUT2D eigenvalue weighted by atomic mass is 10.0. The summed E-state index contributed by atoms with van der Waals surface area (Å²) < 4.78 is 5.27. The fourth-order valence-corrected chi connectivity index (χ4v) is 3.59. The lowest BCUT2D eigenvalue weighted by molar-refractivity contribution is -0.384. The summed E-state index contributed by atoms with van der Waals surface area (Å²) in [7, 11) is 0. The Morgan fingerprint density at radius 2 is 1.93 bits per heavy atom. The number of anilines is 1. The molecular weight excluding hydrogens is 384 g/mol. The number of nitro groups is 1. The first kappa shape index (κ1) is 23.6. The molecule has 1 saturated heterocycles. The number of nitrogens with zero attached hydrogens (tertiary/aromatic N) is 3. The minimum Gasteiger partial charge on any atom is -0.378 e. The van der Waals surface area contributed by atoms with E-state index in [0.29, 0.717) is 63.1 Å². The molecule has 8 heteroatoms. The molecule has 0 spiro atoms. The number of hydrogen-bond donors (Lipinski definition) is 1. The maximum absolute atomic E-state index is 12.7. The van der Waals surface area contributed by atoms with Crippen LogP contribution >= 0.6 is 0 Å². The molecule has 0 saturated carbocycles. The van der Waals surface area contributed by atoms with Gasteiger partial charge < -0.3 is 15.0 Å². The smallest absolute Gasteiger partial charge is 0.293 e. The minimum atomic E-state index is -0.450. The molecule has 1 N–H and O–H groups in total. The van der Waals surface area contributed by atoms with Crippen molar-refractivity contribution in [2.75, 3.05) is 51.3 Å². The van der Waals surface area contributed by atoms with Gasteiger partial charge in [-0.05, 0) is 18.1 Å². The average molecular weight is 417 g/mol. The summed E-state index contributed by atoms with van der Waals surface area (Å²) in [6.07, 6.45) is 3.68. The van der Waals surface area contributed by atoms with Gasteiger partial charge in [-0.2, -0.15) is 0 Å². The molecule has 164 valence electrons. The number of rotatable bonds is 11. The maximum Gasteiger partial charge on any atom is 0.293 e. The fraction of sp³-hybridized carbons (Fsp3) is 0.500. The molecule has 1 fully saturated rings. The van der Waals surface area contributed by atoms with E-state index in [1.807, 2.05) is 12.2 Å². The van der Waals surface area contributed by atoms with Crippen LogP contribution in [-0.4, -0.2) is 72.6 Å². The van der Waals surface area contributed by atoms with Crippen LogP contribution in [0.3, 0.4) is 0 Å². The van der Waals surface area contributed by atoms with Gasteiger partial charge in [0.2, 0.25) is 0 Å². The lowest BCUT2D eigenvalue weighted by Crippen LogP contribution is -2.44. The quantitative estimate of drug-likeness (QED) is 0.339. The van der Waals surface area contributed by atoms with Crippen LogP contribution in [0.2, 0.25) is 0 Å². The number of carbonyl (C=O) groups excluding carboxylic acids is 1.